The van der Waals surface area contributed by atoms with Gasteiger partial charge in [0.1, 0.15) is 6.61 Å². The quantitative estimate of drug-likeness (QED) is 0.523. The van der Waals surface area contributed by atoms with Crippen molar-refractivity contribution in [3.8, 4) is 0 Å². The fourth-order valence-electron chi connectivity index (χ4n) is 1.94. The molecule has 112 valence electrons. The van der Waals surface area contributed by atoms with Crippen LogP contribution in [0, 0.1) is 0 Å². The summed E-state index contributed by atoms with van der Waals surface area (Å²) in [6, 6.07) is 0. The maximum absolute atomic E-state index is 11.4. The zero-order valence-corrected chi connectivity index (χ0v) is 12.0. The Morgan fingerprint density at radius 3 is 2.74 bits per heavy atom. The van der Waals surface area contributed by atoms with Gasteiger partial charge in [0.2, 0.25) is 5.91 Å². The highest BCUT2D eigenvalue weighted by atomic mass is 16.5. The molecule has 19 heavy (non-hydrogen) atoms. The van der Waals surface area contributed by atoms with Crippen LogP contribution < -0.4 is 10.6 Å². The molecule has 0 radical (unpaired) electrons. The topological polar surface area (TPSA) is 62.8 Å². The van der Waals surface area contributed by atoms with Crippen molar-refractivity contribution in [2.24, 2.45) is 0 Å². The van der Waals surface area contributed by atoms with Gasteiger partial charge in [-0.3, -0.25) is 4.79 Å². The van der Waals surface area contributed by atoms with E-state index in [9.17, 15) is 4.79 Å². The van der Waals surface area contributed by atoms with Gasteiger partial charge in [0.05, 0.1) is 13.2 Å². The van der Waals surface area contributed by atoms with Gasteiger partial charge >= 0.3 is 0 Å². The molecule has 6 nitrogen and oxygen atoms in total. The van der Waals surface area contributed by atoms with E-state index < -0.39 is 0 Å². The summed E-state index contributed by atoms with van der Waals surface area (Å²) >= 11 is 0. The summed E-state index contributed by atoms with van der Waals surface area (Å²) in [5, 5.41) is 6.19. The first kappa shape index (κ1) is 16.4. The number of hydrogen-bond acceptors (Lipinski definition) is 5. The number of nitrogens with zero attached hydrogens (tertiary/aromatic N) is 1. The predicted molar refractivity (Wildman–Crippen MR) is 74.2 cm³/mol. The maximum Gasteiger partial charge on any atom is 0.246 e. The van der Waals surface area contributed by atoms with Gasteiger partial charge in [0.25, 0.3) is 0 Å². The first-order valence-corrected chi connectivity index (χ1v) is 7.18. The van der Waals surface area contributed by atoms with Crippen molar-refractivity contribution < 1.29 is 14.3 Å². The molecule has 0 unspecified atom stereocenters. The van der Waals surface area contributed by atoms with E-state index in [0.29, 0.717) is 19.8 Å². The summed E-state index contributed by atoms with van der Waals surface area (Å²) in [6.45, 7) is 9.88. The van der Waals surface area contributed by atoms with Crippen LogP contribution in [-0.2, 0) is 14.3 Å². The van der Waals surface area contributed by atoms with Gasteiger partial charge in [0.15, 0.2) is 0 Å². The molecular weight excluding hydrogens is 246 g/mol. The zero-order chi connectivity index (χ0) is 13.8. The number of piperazine rings is 1. The summed E-state index contributed by atoms with van der Waals surface area (Å²) < 4.78 is 10.3. The minimum absolute atomic E-state index is 0.0446. The highest BCUT2D eigenvalue weighted by Crippen LogP contribution is 1.93. The Kier molecular flexibility index (Phi) is 9.61. The third-order valence-corrected chi connectivity index (χ3v) is 2.99. The number of carbonyl (C=O) groups is 1. The van der Waals surface area contributed by atoms with Crippen molar-refractivity contribution in [1.82, 2.24) is 15.5 Å². The van der Waals surface area contributed by atoms with E-state index in [-0.39, 0.29) is 12.5 Å². The molecule has 1 rings (SSSR count). The fraction of sp³-hybridized carbons (Fsp3) is 0.923. The Morgan fingerprint density at radius 2 is 2.00 bits per heavy atom. The van der Waals surface area contributed by atoms with E-state index in [1.807, 2.05) is 6.92 Å². The van der Waals surface area contributed by atoms with Gasteiger partial charge in [-0.05, 0) is 19.9 Å². The van der Waals surface area contributed by atoms with Crippen LogP contribution >= 0.6 is 0 Å². The molecule has 0 aromatic carbocycles. The average Bonchev–Trinajstić information content (AvgIpc) is 2.44. The Labute approximate surface area is 115 Å². The van der Waals surface area contributed by atoms with Gasteiger partial charge in [0, 0.05) is 39.3 Å². The molecule has 0 atom stereocenters. The molecule has 1 aliphatic heterocycles. The highest BCUT2D eigenvalue weighted by Gasteiger charge is 2.08. The molecule has 0 spiro atoms. The molecular formula is C13H27N3O3. The SMILES string of the molecule is CCOCCOCC(=O)NCCCN1CCNCC1. The molecule has 0 aromatic rings. The van der Waals surface area contributed by atoms with Crippen molar-refractivity contribution in [3.05, 3.63) is 0 Å². The van der Waals surface area contributed by atoms with Gasteiger partial charge in [-0.1, -0.05) is 0 Å². The van der Waals surface area contributed by atoms with E-state index >= 15 is 0 Å². The van der Waals surface area contributed by atoms with Crippen LogP contribution in [0.2, 0.25) is 0 Å². The van der Waals surface area contributed by atoms with Crippen LogP contribution in [0.15, 0.2) is 0 Å². The molecule has 2 N–H and O–H groups in total. The van der Waals surface area contributed by atoms with Gasteiger partial charge in [-0.2, -0.15) is 0 Å². The minimum atomic E-state index is -0.0446. The number of carbonyl (C=O) groups excluding carboxylic acids is 1. The van der Waals surface area contributed by atoms with Crippen molar-refractivity contribution in [2.45, 2.75) is 13.3 Å². The van der Waals surface area contributed by atoms with Crippen LogP contribution in [0.5, 0.6) is 0 Å². The number of nitrogens with one attached hydrogen (secondary N) is 2. The van der Waals surface area contributed by atoms with Crippen LogP contribution in [0.3, 0.4) is 0 Å². The van der Waals surface area contributed by atoms with Crippen molar-refractivity contribution >= 4 is 5.91 Å². The number of hydrogen-bond donors (Lipinski definition) is 2. The number of ether oxygens (including phenoxy) is 2. The maximum atomic E-state index is 11.4. The second-order valence-corrected chi connectivity index (χ2v) is 4.54. The van der Waals surface area contributed by atoms with E-state index in [1.165, 1.54) is 0 Å². The Hall–Kier alpha value is -0.690. The minimum Gasteiger partial charge on any atom is -0.379 e. The normalized spacial score (nSPS) is 16.5. The molecule has 6 heteroatoms. The number of amides is 1. The zero-order valence-electron chi connectivity index (χ0n) is 12.0. The molecule has 0 bridgehead atoms. The Balaban J connectivity index is 1.86. The smallest absolute Gasteiger partial charge is 0.246 e. The van der Waals surface area contributed by atoms with Gasteiger partial charge < -0.3 is 25.0 Å². The molecule has 1 saturated heterocycles. The molecule has 1 fully saturated rings. The molecule has 0 aliphatic carbocycles. The molecule has 1 amide bonds. The lowest BCUT2D eigenvalue weighted by atomic mass is 10.3. The van der Waals surface area contributed by atoms with Crippen LogP contribution in [-0.4, -0.2) is 76.5 Å². The number of rotatable bonds is 10. The van der Waals surface area contributed by atoms with E-state index in [1.54, 1.807) is 0 Å². The van der Waals surface area contributed by atoms with Gasteiger partial charge in [-0.15, -0.1) is 0 Å². The Morgan fingerprint density at radius 1 is 1.26 bits per heavy atom. The second-order valence-electron chi connectivity index (χ2n) is 4.54. The lowest BCUT2D eigenvalue weighted by Crippen LogP contribution is -2.44. The lowest BCUT2D eigenvalue weighted by molar-refractivity contribution is -0.126. The second kappa shape index (κ2) is 11.2. The predicted octanol–water partition coefficient (Wildman–Crippen LogP) is -0.549. The summed E-state index contributed by atoms with van der Waals surface area (Å²) in [5.41, 5.74) is 0. The lowest BCUT2D eigenvalue weighted by Gasteiger charge is -2.27. The third kappa shape index (κ3) is 8.93. The fourth-order valence-corrected chi connectivity index (χ4v) is 1.94. The summed E-state index contributed by atoms with van der Waals surface area (Å²) in [4.78, 5) is 13.8. The average molecular weight is 273 g/mol. The largest absolute Gasteiger partial charge is 0.379 e. The van der Waals surface area contributed by atoms with Crippen LogP contribution in [0.1, 0.15) is 13.3 Å². The summed E-state index contributed by atoms with van der Waals surface area (Å²) in [7, 11) is 0. The van der Waals surface area contributed by atoms with Crippen molar-refractivity contribution in [2.75, 3.05) is 65.7 Å². The summed E-state index contributed by atoms with van der Waals surface area (Å²) in [6.07, 6.45) is 0.991. The first-order chi connectivity index (χ1) is 9.33. The molecule has 0 saturated carbocycles. The summed E-state index contributed by atoms with van der Waals surface area (Å²) in [5.74, 6) is -0.0446. The third-order valence-electron chi connectivity index (χ3n) is 2.99. The van der Waals surface area contributed by atoms with E-state index in [2.05, 4.69) is 15.5 Å². The molecule has 1 heterocycles. The first-order valence-electron chi connectivity index (χ1n) is 7.18. The standard InChI is InChI=1S/C13H27N3O3/c1-2-18-10-11-19-12-13(17)15-4-3-7-16-8-5-14-6-9-16/h14H,2-12H2,1H3,(H,15,17). The monoisotopic (exact) mass is 273 g/mol. The van der Waals surface area contributed by atoms with Crippen molar-refractivity contribution in [3.63, 3.8) is 0 Å². The van der Waals surface area contributed by atoms with Gasteiger partial charge in [-0.25, -0.2) is 0 Å². The highest BCUT2D eigenvalue weighted by molar-refractivity contribution is 5.77. The molecule has 0 aromatic heterocycles. The van der Waals surface area contributed by atoms with E-state index in [0.717, 1.165) is 45.7 Å². The Bertz CT molecular complexity index is 233. The van der Waals surface area contributed by atoms with Crippen LogP contribution in [0.4, 0.5) is 0 Å². The van der Waals surface area contributed by atoms with Crippen molar-refractivity contribution in [1.29, 1.82) is 0 Å². The molecule has 1 aliphatic rings. The van der Waals surface area contributed by atoms with E-state index in [4.69, 9.17) is 9.47 Å². The van der Waals surface area contributed by atoms with Crippen LogP contribution in [0.25, 0.3) is 0 Å².